The lowest BCUT2D eigenvalue weighted by Gasteiger charge is -2.26. The van der Waals surface area contributed by atoms with Crippen molar-refractivity contribution in [3.63, 3.8) is 0 Å². The maximum atomic E-state index is 9.52. The van der Waals surface area contributed by atoms with Crippen molar-refractivity contribution in [1.29, 1.82) is 0 Å². The minimum absolute atomic E-state index is 0.152. The largest absolute Gasteiger partial charge is 0.504 e. The van der Waals surface area contributed by atoms with E-state index in [0.29, 0.717) is 11.9 Å². The van der Waals surface area contributed by atoms with Crippen LogP contribution in [-0.2, 0) is 0 Å². The van der Waals surface area contributed by atoms with Gasteiger partial charge in [0.25, 0.3) is 0 Å². The third-order valence-corrected chi connectivity index (χ3v) is 2.82. The summed E-state index contributed by atoms with van der Waals surface area (Å²) >= 11 is 0. The predicted molar refractivity (Wildman–Crippen MR) is 57.8 cm³/mol. The van der Waals surface area contributed by atoms with Crippen LogP contribution in [0.2, 0.25) is 0 Å². The SMILES string of the molecule is Oc1cccnc1NC1CCC(O)CC1. The van der Waals surface area contributed by atoms with Gasteiger partial charge in [-0.25, -0.2) is 4.98 Å². The van der Waals surface area contributed by atoms with Crippen LogP contribution in [0.15, 0.2) is 18.3 Å². The Bertz CT molecular complexity index is 322. The second-order valence-electron chi connectivity index (χ2n) is 4.02. The summed E-state index contributed by atoms with van der Waals surface area (Å²) in [6.07, 6.45) is 5.00. The third-order valence-electron chi connectivity index (χ3n) is 2.82. The van der Waals surface area contributed by atoms with Crippen LogP contribution < -0.4 is 5.32 Å². The monoisotopic (exact) mass is 208 g/mol. The average molecular weight is 208 g/mol. The molecule has 15 heavy (non-hydrogen) atoms. The van der Waals surface area contributed by atoms with Gasteiger partial charge in [-0.2, -0.15) is 0 Å². The molecule has 0 unspecified atom stereocenters. The van der Waals surface area contributed by atoms with E-state index < -0.39 is 0 Å². The van der Waals surface area contributed by atoms with Gasteiger partial charge in [-0.05, 0) is 37.8 Å². The van der Waals surface area contributed by atoms with Crippen LogP contribution in [0.4, 0.5) is 5.82 Å². The first-order valence-corrected chi connectivity index (χ1v) is 5.34. The van der Waals surface area contributed by atoms with Crippen molar-refractivity contribution in [3.05, 3.63) is 18.3 Å². The smallest absolute Gasteiger partial charge is 0.168 e. The van der Waals surface area contributed by atoms with E-state index >= 15 is 0 Å². The Kier molecular flexibility index (Phi) is 3.06. The molecule has 0 spiro atoms. The fraction of sp³-hybridized carbons (Fsp3) is 0.545. The molecule has 4 nitrogen and oxygen atoms in total. The van der Waals surface area contributed by atoms with Gasteiger partial charge in [0.15, 0.2) is 11.6 Å². The Labute approximate surface area is 89.0 Å². The summed E-state index contributed by atoms with van der Waals surface area (Å²) in [6.45, 7) is 0. The minimum atomic E-state index is -0.152. The van der Waals surface area contributed by atoms with Crippen molar-refractivity contribution in [1.82, 2.24) is 4.98 Å². The van der Waals surface area contributed by atoms with Crippen molar-refractivity contribution in [2.45, 2.75) is 37.8 Å². The van der Waals surface area contributed by atoms with E-state index in [0.717, 1.165) is 25.7 Å². The number of rotatable bonds is 2. The quantitative estimate of drug-likeness (QED) is 0.689. The maximum absolute atomic E-state index is 9.52. The van der Waals surface area contributed by atoms with Gasteiger partial charge < -0.3 is 15.5 Å². The van der Waals surface area contributed by atoms with Crippen molar-refractivity contribution in [2.24, 2.45) is 0 Å². The first-order chi connectivity index (χ1) is 7.25. The van der Waals surface area contributed by atoms with Crippen molar-refractivity contribution < 1.29 is 10.2 Å². The summed E-state index contributed by atoms with van der Waals surface area (Å²) in [5.74, 6) is 0.725. The lowest BCUT2D eigenvalue weighted by Crippen LogP contribution is -2.28. The highest BCUT2D eigenvalue weighted by Crippen LogP contribution is 2.25. The second kappa shape index (κ2) is 4.49. The van der Waals surface area contributed by atoms with Crippen LogP contribution in [0.25, 0.3) is 0 Å². The Balaban J connectivity index is 1.95. The molecule has 4 heteroatoms. The lowest BCUT2D eigenvalue weighted by molar-refractivity contribution is 0.126. The van der Waals surface area contributed by atoms with E-state index in [1.54, 1.807) is 18.3 Å². The summed E-state index contributed by atoms with van der Waals surface area (Å²) in [5.41, 5.74) is 0. The molecule has 3 N–H and O–H groups in total. The molecule has 2 rings (SSSR count). The number of aliphatic hydroxyl groups excluding tert-OH is 1. The Hall–Kier alpha value is -1.29. The molecule has 0 amide bonds. The number of hydrogen-bond acceptors (Lipinski definition) is 4. The van der Waals surface area contributed by atoms with Crippen LogP contribution in [0.3, 0.4) is 0 Å². The molecule has 0 bridgehead atoms. The highest BCUT2D eigenvalue weighted by atomic mass is 16.3. The van der Waals surface area contributed by atoms with Crippen molar-refractivity contribution in [3.8, 4) is 5.75 Å². The summed E-state index contributed by atoms with van der Waals surface area (Å²) in [6, 6.07) is 3.63. The minimum Gasteiger partial charge on any atom is -0.504 e. The molecule has 0 radical (unpaired) electrons. The van der Waals surface area contributed by atoms with Gasteiger partial charge >= 0.3 is 0 Å². The average Bonchev–Trinajstić information content (AvgIpc) is 2.25. The highest BCUT2D eigenvalue weighted by molar-refractivity contribution is 5.48. The van der Waals surface area contributed by atoms with Crippen molar-refractivity contribution >= 4 is 5.82 Å². The number of hydrogen-bond donors (Lipinski definition) is 3. The molecule has 1 aliphatic rings. The van der Waals surface area contributed by atoms with E-state index in [1.165, 1.54) is 0 Å². The van der Waals surface area contributed by atoms with Gasteiger partial charge in [-0.1, -0.05) is 0 Å². The zero-order valence-electron chi connectivity index (χ0n) is 8.56. The summed E-state index contributed by atoms with van der Waals surface area (Å²) in [7, 11) is 0. The molecule has 0 atom stereocenters. The normalized spacial score (nSPS) is 26.2. The molecule has 1 aromatic rings. The molecular weight excluding hydrogens is 192 g/mol. The van der Waals surface area contributed by atoms with Gasteiger partial charge in [0.05, 0.1) is 6.10 Å². The van der Waals surface area contributed by atoms with Gasteiger partial charge in [-0.15, -0.1) is 0 Å². The molecule has 1 heterocycles. The summed E-state index contributed by atoms with van der Waals surface area (Å²) in [5, 5.41) is 22.1. The van der Waals surface area contributed by atoms with Crippen LogP contribution >= 0.6 is 0 Å². The number of pyridine rings is 1. The zero-order chi connectivity index (χ0) is 10.7. The first kappa shape index (κ1) is 10.2. The van der Waals surface area contributed by atoms with Gasteiger partial charge in [-0.3, -0.25) is 0 Å². The van der Waals surface area contributed by atoms with E-state index in [2.05, 4.69) is 10.3 Å². The molecule has 1 fully saturated rings. The fourth-order valence-electron chi connectivity index (χ4n) is 1.92. The Morgan fingerprint density at radius 3 is 2.67 bits per heavy atom. The van der Waals surface area contributed by atoms with Gasteiger partial charge in [0.2, 0.25) is 0 Å². The Morgan fingerprint density at radius 2 is 2.00 bits per heavy atom. The lowest BCUT2D eigenvalue weighted by atomic mass is 9.93. The van der Waals surface area contributed by atoms with Crippen molar-refractivity contribution in [2.75, 3.05) is 5.32 Å². The molecule has 1 aliphatic carbocycles. The third kappa shape index (κ3) is 2.59. The molecule has 82 valence electrons. The molecule has 0 saturated heterocycles. The van der Waals surface area contributed by atoms with Crippen LogP contribution in [-0.4, -0.2) is 27.3 Å². The van der Waals surface area contributed by atoms with E-state index in [4.69, 9.17) is 0 Å². The summed E-state index contributed by atoms with van der Waals surface area (Å²) in [4.78, 5) is 4.07. The number of aromatic nitrogens is 1. The van der Waals surface area contributed by atoms with Gasteiger partial charge in [0, 0.05) is 12.2 Å². The van der Waals surface area contributed by atoms with Crippen LogP contribution in [0.1, 0.15) is 25.7 Å². The summed E-state index contributed by atoms with van der Waals surface area (Å²) < 4.78 is 0. The topological polar surface area (TPSA) is 65.4 Å². The number of aromatic hydroxyl groups is 1. The number of aliphatic hydroxyl groups is 1. The maximum Gasteiger partial charge on any atom is 0.168 e. The van der Waals surface area contributed by atoms with E-state index in [1.807, 2.05) is 0 Å². The Morgan fingerprint density at radius 1 is 1.27 bits per heavy atom. The van der Waals surface area contributed by atoms with Gasteiger partial charge in [0.1, 0.15) is 0 Å². The molecule has 0 aliphatic heterocycles. The standard InChI is InChI=1S/C11H16N2O2/c14-9-5-3-8(4-6-9)13-11-10(15)2-1-7-12-11/h1-2,7-9,14-15H,3-6H2,(H,12,13). The van der Waals surface area contributed by atoms with E-state index in [9.17, 15) is 10.2 Å². The highest BCUT2D eigenvalue weighted by Gasteiger charge is 2.19. The van der Waals surface area contributed by atoms with Crippen LogP contribution in [0.5, 0.6) is 5.75 Å². The molecule has 1 aromatic heterocycles. The number of anilines is 1. The predicted octanol–water partition coefficient (Wildman–Crippen LogP) is 1.50. The van der Waals surface area contributed by atoms with E-state index in [-0.39, 0.29) is 11.9 Å². The number of nitrogens with one attached hydrogen (secondary N) is 1. The first-order valence-electron chi connectivity index (χ1n) is 5.34. The molecule has 1 saturated carbocycles. The zero-order valence-corrected chi connectivity index (χ0v) is 8.56. The molecule has 0 aromatic carbocycles. The second-order valence-corrected chi connectivity index (χ2v) is 4.02. The molecular formula is C11H16N2O2. The number of nitrogens with zero attached hydrogens (tertiary/aromatic N) is 1. The fourth-order valence-corrected chi connectivity index (χ4v) is 1.92. The van der Waals surface area contributed by atoms with Crippen LogP contribution in [0, 0.1) is 0 Å².